The Morgan fingerprint density at radius 1 is 1.50 bits per heavy atom. The van der Waals surface area contributed by atoms with E-state index in [2.05, 4.69) is 20.2 Å². The molecule has 0 aromatic carbocycles. The monoisotopic (exact) mass is 306 g/mol. The van der Waals surface area contributed by atoms with Crippen molar-refractivity contribution in [1.29, 1.82) is 0 Å². The van der Waals surface area contributed by atoms with Gasteiger partial charge in [-0.15, -0.1) is 0 Å². The van der Waals surface area contributed by atoms with Gasteiger partial charge in [-0.05, 0) is 33.1 Å². The van der Waals surface area contributed by atoms with Gasteiger partial charge in [0.05, 0.1) is 18.5 Å². The van der Waals surface area contributed by atoms with Crippen LogP contribution in [0, 0.1) is 0 Å². The van der Waals surface area contributed by atoms with Gasteiger partial charge in [-0.25, -0.2) is 0 Å². The smallest absolute Gasteiger partial charge is 0.234 e. The molecule has 1 aliphatic heterocycles. The Balaban J connectivity index is 1.98. The zero-order chi connectivity index (χ0) is 15.9. The highest BCUT2D eigenvalue weighted by Crippen LogP contribution is 2.20. The van der Waals surface area contributed by atoms with Crippen LogP contribution in [-0.2, 0) is 4.79 Å². The summed E-state index contributed by atoms with van der Waals surface area (Å²) in [6.07, 6.45) is 6.98. The standard InChI is InChI=1S/C16H26N4O2/c1-4-6-15(21)18-13-7-5-8-20(11-13)14-9-17-10-16(19-14)22-12(2)3/h9-10,12-13H,4-8,11H2,1-3H3,(H,18,21)/t13-/m0/s1. The van der Waals surface area contributed by atoms with Crippen molar-refractivity contribution >= 4 is 11.7 Å². The molecule has 22 heavy (non-hydrogen) atoms. The number of nitrogens with zero attached hydrogens (tertiary/aromatic N) is 3. The topological polar surface area (TPSA) is 67.4 Å². The Hall–Kier alpha value is -1.85. The van der Waals surface area contributed by atoms with E-state index in [1.807, 2.05) is 20.8 Å². The van der Waals surface area contributed by atoms with Gasteiger partial charge in [-0.3, -0.25) is 9.78 Å². The molecule has 1 atom stereocenters. The van der Waals surface area contributed by atoms with E-state index >= 15 is 0 Å². The number of hydrogen-bond donors (Lipinski definition) is 1. The zero-order valence-corrected chi connectivity index (χ0v) is 13.7. The van der Waals surface area contributed by atoms with Gasteiger partial charge in [0.1, 0.15) is 0 Å². The fourth-order valence-electron chi connectivity index (χ4n) is 2.62. The van der Waals surface area contributed by atoms with Crippen LogP contribution in [0.15, 0.2) is 12.4 Å². The van der Waals surface area contributed by atoms with Crippen LogP contribution in [0.3, 0.4) is 0 Å². The fraction of sp³-hybridized carbons (Fsp3) is 0.688. The molecule has 1 aromatic rings. The number of hydrogen-bond acceptors (Lipinski definition) is 5. The Morgan fingerprint density at radius 2 is 2.32 bits per heavy atom. The van der Waals surface area contributed by atoms with E-state index in [0.717, 1.165) is 38.2 Å². The Morgan fingerprint density at radius 3 is 3.05 bits per heavy atom. The summed E-state index contributed by atoms with van der Waals surface area (Å²) >= 11 is 0. The second kappa shape index (κ2) is 7.96. The van der Waals surface area contributed by atoms with Crippen molar-refractivity contribution in [2.75, 3.05) is 18.0 Å². The highest BCUT2D eigenvalue weighted by Gasteiger charge is 2.22. The van der Waals surface area contributed by atoms with Gasteiger partial charge in [0.2, 0.25) is 11.8 Å². The highest BCUT2D eigenvalue weighted by atomic mass is 16.5. The third-order valence-electron chi connectivity index (χ3n) is 3.54. The van der Waals surface area contributed by atoms with Gasteiger partial charge >= 0.3 is 0 Å². The third kappa shape index (κ3) is 4.86. The molecule has 1 fully saturated rings. The number of carbonyl (C=O) groups excluding carboxylic acids is 1. The molecule has 0 radical (unpaired) electrons. The molecule has 0 unspecified atom stereocenters. The molecule has 2 rings (SSSR count). The van der Waals surface area contributed by atoms with E-state index in [-0.39, 0.29) is 18.1 Å². The van der Waals surface area contributed by atoms with Gasteiger partial charge in [0, 0.05) is 25.6 Å². The molecule has 1 amide bonds. The molecule has 0 aliphatic carbocycles. The normalized spacial score (nSPS) is 18.4. The van der Waals surface area contributed by atoms with E-state index in [9.17, 15) is 4.79 Å². The molecule has 1 N–H and O–H groups in total. The Labute approximate surface area is 132 Å². The second-order valence-electron chi connectivity index (χ2n) is 5.98. The number of aromatic nitrogens is 2. The highest BCUT2D eigenvalue weighted by molar-refractivity contribution is 5.76. The van der Waals surface area contributed by atoms with Gasteiger partial charge < -0.3 is 15.0 Å². The maximum absolute atomic E-state index is 11.8. The van der Waals surface area contributed by atoms with Crippen molar-refractivity contribution in [2.45, 2.75) is 58.6 Å². The van der Waals surface area contributed by atoms with Crippen LogP contribution in [0.4, 0.5) is 5.82 Å². The second-order valence-corrected chi connectivity index (χ2v) is 5.98. The van der Waals surface area contributed by atoms with Crippen LogP contribution in [0.25, 0.3) is 0 Å². The first-order chi connectivity index (χ1) is 10.6. The largest absolute Gasteiger partial charge is 0.474 e. The fourth-order valence-corrected chi connectivity index (χ4v) is 2.62. The molecule has 122 valence electrons. The molecule has 1 aliphatic rings. The van der Waals surface area contributed by atoms with Gasteiger partial charge in [0.25, 0.3) is 0 Å². The predicted molar refractivity (Wildman–Crippen MR) is 86.1 cm³/mol. The summed E-state index contributed by atoms with van der Waals surface area (Å²) in [5.41, 5.74) is 0. The SMILES string of the molecule is CCCC(=O)N[C@H]1CCCN(c2cncc(OC(C)C)n2)C1. The van der Waals surface area contributed by atoms with Crippen molar-refractivity contribution in [3.63, 3.8) is 0 Å². The van der Waals surface area contributed by atoms with E-state index in [0.29, 0.717) is 12.3 Å². The lowest BCUT2D eigenvalue weighted by molar-refractivity contribution is -0.121. The van der Waals surface area contributed by atoms with Crippen LogP contribution in [0.2, 0.25) is 0 Å². The summed E-state index contributed by atoms with van der Waals surface area (Å²) in [5.74, 6) is 1.49. The van der Waals surface area contributed by atoms with E-state index in [1.165, 1.54) is 0 Å². The first kappa shape index (κ1) is 16.5. The molecular weight excluding hydrogens is 280 g/mol. The summed E-state index contributed by atoms with van der Waals surface area (Å²) in [6.45, 7) is 7.65. The lowest BCUT2D eigenvalue weighted by Gasteiger charge is -2.33. The summed E-state index contributed by atoms with van der Waals surface area (Å²) in [5, 5.41) is 3.11. The minimum atomic E-state index is 0.0759. The summed E-state index contributed by atoms with van der Waals surface area (Å²) in [6, 6.07) is 0.185. The van der Waals surface area contributed by atoms with E-state index in [1.54, 1.807) is 12.4 Å². The van der Waals surface area contributed by atoms with Crippen molar-refractivity contribution in [3.8, 4) is 5.88 Å². The predicted octanol–water partition coefficient (Wildman–Crippen LogP) is 2.15. The van der Waals surface area contributed by atoms with Crippen molar-refractivity contribution in [3.05, 3.63) is 12.4 Å². The Kier molecular flexibility index (Phi) is 5.98. The number of ether oxygens (including phenoxy) is 1. The third-order valence-corrected chi connectivity index (χ3v) is 3.54. The van der Waals surface area contributed by atoms with Crippen molar-refractivity contribution in [1.82, 2.24) is 15.3 Å². The van der Waals surface area contributed by atoms with Crippen LogP contribution in [-0.4, -0.2) is 41.1 Å². The summed E-state index contributed by atoms with van der Waals surface area (Å²) in [4.78, 5) is 22.6. The molecular formula is C16H26N4O2. The first-order valence-electron chi connectivity index (χ1n) is 8.11. The van der Waals surface area contributed by atoms with E-state index in [4.69, 9.17) is 4.74 Å². The minimum absolute atomic E-state index is 0.0759. The molecule has 1 aromatic heterocycles. The first-order valence-corrected chi connectivity index (χ1v) is 8.11. The quantitative estimate of drug-likeness (QED) is 0.872. The average Bonchev–Trinajstić information content (AvgIpc) is 2.47. The molecule has 2 heterocycles. The number of piperidine rings is 1. The number of rotatable bonds is 6. The molecule has 6 nitrogen and oxygen atoms in total. The van der Waals surface area contributed by atoms with Crippen LogP contribution in [0.1, 0.15) is 46.5 Å². The molecule has 0 bridgehead atoms. The van der Waals surface area contributed by atoms with Crippen LogP contribution in [0.5, 0.6) is 5.88 Å². The van der Waals surface area contributed by atoms with Gasteiger partial charge in [-0.1, -0.05) is 6.92 Å². The average molecular weight is 306 g/mol. The lowest BCUT2D eigenvalue weighted by Crippen LogP contribution is -2.48. The van der Waals surface area contributed by atoms with Crippen molar-refractivity contribution in [2.24, 2.45) is 0 Å². The number of nitrogens with one attached hydrogen (secondary N) is 1. The number of amides is 1. The summed E-state index contributed by atoms with van der Waals surface area (Å²) < 4.78 is 5.60. The lowest BCUT2D eigenvalue weighted by atomic mass is 10.1. The van der Waals surface area contributed by atoms with Crippen LogP contribution >= 0.6 is 0 Å². The number of anilines is 1. The molecule has 0 spiro atoms. The Bertz CT molecular complexity index is 493. The molecule has 1 saturated heterocycles. The summed E-state index contributed by atoms with van der Waals surface area (Å²) in [7, 11) is 0. The maximum atomic E-state index is 11.8. The van der Waals surface area contributed by atoms with Gasteiger partial charge in [-0.2, -0.15) is 4.98 Å². The maximum Gasteiger partial charge on any atom is 0.234 e. The number of carbonyl (C=O) groups is 1. The molecule has 6 heteroatoms. The van der Waals surface area contributed by atoms with Gasteiger partial charge in [0.15, 0.2) is 5.82 Å². The minimum Gasteiger partial charge on any atom is -0.474 e. The van der Waals surface area contributed by atoms with Crippen LogP contribution < -0.4 is 15.0 Å². The molecule has 0 saturated carbocycles. The zero-order valence-electron chi connectivity index (χ0n) is 13.7. The van der Waals surface area contributed by atoms with E-state index < -0.39 is 0 Å². The van der Waals surface area contributed by atoms with Crippen molar-refractivity contribution < 1.29 is 9.53 Å².